The zero-order valence-electron chi connectivity index (χ0n) is 20.9. The maximum Gasteiger partial charge on any atom is 0.185 e. The highest BCUT2D eigenvalue weighted by Gasteiger charge is 2.05. The Morgan fingerprint density at radius 3 is 1.41 bits per heavy atom. The van der Waals surface area contributed by atoms with Crippen molar-refractivity contribution in [2.75, 3.05) is 11.5 Å². The van der Waals surface area contributed by atoms with Gasteiger partial charge in [-0.3, -0.25) is 19.6 Å². The van der Waals surface area contributed by atoms with Crippen LogP contribution in [0.25, 0.3) is 11.4 Å². The maximum atomic E-state index is 10.9. The number of hydrogen-bond donors (Lipinski definition) is 0. The second-order valence-corrected chi connectivity index (χ2v) is 11.4. The Bertz CT molecular complexity index is 801. The van der Waals surface area contributed by atoms with Gasteiger partial charge in [-0.25, -0.2) is 0 Å². The number of aromatic nitrogens is 2. The quantitative estimate of drug-likeness (QED) is 0.208. The Balaban J connectivity index is 1.68. The van der Waals surface area contributed by atoms with Crippen LogP contribution in [0.2, 0.25) is 0 Å². The molecule has 4 nitrogen and oxygen atoms in total. The Hall–Kier alpha value is -1.66. The molecule has 0 saturated heterocycles. The van der Waals surface area contributed by atoms with Crippen LogP contribution in [0.4, 0.5) is 0 Å². The standard InChI is InChI=1S/C28H40N2O2S2/c1-23(31)33-19-11-7-3-5-9-13-25-15-17-29-27(21-25)28-22-26(16-18-30-28)14-10-6-4-8-12-20-34-24(2)32/h15-18,21-22H,3-14,19-20H2,1-2H3. The van der Waals surface area contributed by atoms with Crippen LogP contribution in [0.5, 0.6) is 0 Å². The summed E-state index contributed by atoms with van der Waals surface area (Å²) in [5, 5.41) is 0.447. The fraction of sp³-hybridized carbons (Fsp3) is 0.571. The molecular weight excluding hydrogens is 460 g/mol. The van der Waals surface area contributed by atoms with Gasteiger partial charge >= 0.3 is 0 Å². The first-order valence-corrected chi connectivity index (χ1v) is 14.7. The highest BCUT2D eigenvalue weighted by atomic mass is 32.2. The fourth-order valence-corrected chi connectivity index (χ4v) is 5.17. The van der Waals surface area contributed by atoms with Gasteiger partial charge in [0.2, 0.25) is 0 Å². The Labute approximate surface area is 214 Å². The second kappa shape index (κ2) is 17.7. The van der Waals surface area contributed by atoms with Crippen LogP contribution in [0.1, 0.15) is 89.2 Å². The number of aryl methyl sites for hydroxylation is 2. The summed E-state index contributed by atoms with van der Waals surface area (Å²) in [6.07, 6.45) is 17.9. The molecule has 34 heavy (non-hydrogen) atoms. The first-order valence-electron chi connectivity index (χ1n) is 12.7. The molecule has 0 aliphatic rings. The summed E-state index contributed by atoms with van der Waals surface area (Å²) in [6.45, 7) is 3.28. The van der Waals surface area contributed by atoms with Crippen molar-refractivity contribution in [3.05, 3.63) is 47.8 Å². The molecule has 6 heteroatoms. The fourth-order valence-electron chi connectivity index (χ4n) is 3.89. The lowest BCUT2D eigenvalue weighted by atomic mass is 10.0. The molecule has 0 spiro atoms. The number of hydrogen-bond acceptors (Lipinski definition) is 6. The molecule has 0 fully saturated rings. The van der Waals surface area contributed by atoms with Gasteiger partial charge in [-0.2, -0.15) is 0 Å². The van der Waals surface area contributed by atoms with Crippen molar-refractivity contribution in [1.29, 1.82) is 0 Å². The molecule has 0 N–H and O–H groups in total. The van der Waals surface area contributed by atoms with E-state index in [-0.39, 0.29) is 10.2 Å². The van der Waals surface area contributed by atoms with Crippen LogP contribution >= 0.6 is 23.5 Å². The van der Waals surface area contributed by atoms with E-state index < -0.39 is 0 Å². The smallest absolute Gasteiger partial charge is 0.185 e. The third kappa shape index (κ3) is 13.3. The molecule has 0 aliphatic carbocycles. The summed E-state index contributed by atoms with van der Waals surface area (Å²) < 4.78 is 0. The van der Waals surface area contributed by atoms with E-state index in [1.807, 2.05) is 12.4 Å². The van der Waals surface area contributed by atoms with Gasteiger partial charge in [0.25, 0.3) is 0 Å². The predicted molar refractivity (Wildman–Crippen MR) is 147 cm³/mol. The topological polar surface area (TPSA) is 59.9 Å². The zero-order chi connectivity index (χ0) is 24.4. The average Bonchev–Trinajstić information content (AvgIpc) is 2.82. The molecule has 2 heterocycles. The number of nitrogens with zero attached hydrogens (tertiary/aromatic N) is 2. The summed E-state index contributed by atoms with van der Waals surface area (Å²) in [7, 11) is 0. The van der Waals surface area contributed by atoms with Crippen molar-refractivity contribution < 1.29 is 9.59 Å². The first-order chi connectivity index (χ1) is 16.5. The molecule has 0 aromatic carbocycles. The lowest BCUT2D eigenvalue weighted by Gasteiger charge is -2.07. The average molecular weight is 501 g/mol. The molecule has 186 valence electrons. The molecule has 0 radical (unpaired) electrons. The molecule has 0 unspecified atom stereocenters. The number of thioether (sulfide) groups is 2. The minimum Gasteiger partial charge on any atom is -0.288 e. The van der Waals surface area contributed by atoms with E-state index in [2.05, 4.69) is 34.2 Å². The summed E-state index contributed by atoms with van der Waals surface area (Å²) in [6, 6.07) is 8.61. The maximum absolute atomic E-state index is 10.9. The van der Waals surface area contributed by atoms with E-state index in [1.54, 1.807) is 13.8 Å². The number of carbonyl (C=O) groups is 2. The first kappa shape index (κ1) is 28.6. The van der Waals surface area contributed by atoms with Gasteiger partial charge in [-0.15, -0.1) is 0 Å². The number of unbranched alkanes of at least 4 members (excludes halogenated alkanes) is 8. The number of carbonyl (C=O) groups excluding carboxylic acids is 2. The highest BCUT2D eigenvalue weighted by molar-refractivity contribution is 8.13. The van der Waals surface area contributed by atoms with Crippen molar-refractivity contribution in [2.45, 2.75) is 90.9 Å². The van der Waals surface area contributed by atoms with Gasteiger partial charge in [0.15, 0.2) is 10.2 Å². The lowest BCUT2D eigenvalue weighted by Crippen LogP contribution is -1.94. The molecule has 2 aromatic rings. The summed E-state index contributed by atoms with van der Waals surface area (Å²) >= 11 is 2.88. The van der Waals surface area contributed by atoms with Crippen molar-refractivity contribution in [1.82, 2.24) is 9.97 Å². The third-order valence-electron chi connectivity index (χ3n) is 5.74. The normalized spacial score (nSPS) is 11.0. The van der Waals surface area contributed by atoms with Gasteiger partial charge < -0.3 is 0 Å². The van der Waals surface area contributed by atoms with Crippen LogP contribution in [-0.4, -0.2) is 31.7 Å². The molecule has 2 aromatic heterocycles. The van der Waals surface area contributed by atoms with Crippen LogP contribution < -0.4 is 0 Å². The van der Waals surface area contributed by atoms with Gasteiger partial charge in [0.05, 0.1) is 11.4 Å². The van der Waals surface area contributed by atoms with Crippen molar-refractivity contribution in [2.24, 2.45) is 0 Å². The lowest BCUT2D eigenvalue weighted by molar-refractivity contribution is -0.109. The van der Waals surface area contributed by atoms with E-state index in [1.165, 1.54) is 86.0 Å². The van der Waals surface area contributed by atoms with Crippen LogP contribution in [-0.2, 0) is 22.4 Å². The van der Waals surface area contributed by atoms with E-state index >= 15 is 0 Å². The number of pyridine rings is 2. The summed E-state index contributed by atoms with van der Waals surface area (Å²) in [5.41, 5.74) is 4.58. The van der Waals surface area contributed by atoms with Crippen molar-refractivity contribution in [3.8, 4) is 11.4 Å². The van der Waals surface area contributed by atoms with E-state index in [9.17, 15) is 9.59 Å². The van der Waals surface area contributed by atoms with E-state index in [4.69, 9.17) is 0 Å². The highest BCUT2D eigenvalue weighted by Crippen LogP contribution is 2.20. The van der Waals surface area contributed by atoms with Crippen LogP contribution in [0.15, 0.2) is 36.7 Å². The SMILES string of the molecule is CC(=O)SCCCCCCCc1ccnc(-c2cc(CCCCCCCSC(C)=O)ccn2)c1. The van der Waals surface area contributed by atoms with E-state index in [0.717, 1.165) is 48.6 Å². The Kier molecular flexibility index (Phi) is 14.9. The van der Waals surface area contributed by atoms with Crippen molar-refractivity contribution in [3.63, 3.8) is 0 Å². The molecule has 2 rings (SSSR count). The van der Waals surface area contributed by atoms with Crippen LogP contribution in [0.3, 0.4) is 0 Å². The summed E-state index contributed by atoms with van der Waals surface area (Å²) in [4.78, 5) is 31.0. The molecular formula is C28H40N2O2S2. The largest absolute Gasteiger partial charge is 0.288 e. The Morgan fingerprint density at radius 1 is 0.618 bits per heavy atom. The zero-order valence-corrected chi connectivity index (χ0v) is 22.5. The minimum absolute atomic E-state index is 0.224. The third-order valence-corrected chi connectivity index (χ3v) is 7.54. The minimum atomic E-state index is 0.224. The van der Waals surface area contributed by atoms with Gasteiger partial charge in [0, 0.05) is 37.7 Å². The predicted octanol–water partition coefficient (Wildman–Crippen LogP) is 7.69. The molecule has 0 amide bonds. The van der Waals surface area contributed by atoms with Gasteiger partial charge in [0.1, 0.15) is 0 Å². The Morgan fingerprint density at radius 2 is 1.00 bits per heavy atom. The van der Waals surface area contributed by atoms with Crippen molar-refractivity contribution >= 4 is 33.8 Å². The van der Waals surface area contributed by atoms with Gasteiger partial charge in [-0.05, 0) is 73.9 Å². The molecule has 0 atom stereocenters. The van der Waals surface area contributed by atoms with Gasteiger partial charge in [-0.1, -0.05) is 62.0 Å². The van der Waals surface area contributed by atoms with Crippen LogP contribution in [0, 0.1) is 0 Å². The number of rotatable bonds is 17. The second-order valence-electron chi connectivity index (χ2n) is 8.81. The summed E-state index contributed by atoms with van der Waals surface area (Å²) in [5.74, 6) is 1.91. The molecule has 0 bridgehead atoms. The van der Waals surface area contributed by atoms with E-state index in [0.29, 0.717) is 0 Å². The molecule has 0 saturated carbocycles. The molecule has 0 aliphatic heterocycles. The monoisotopic (exact) mass is 500 g/mol.